The molecule has 0 atom stereocenters. The Morgan fingerprint density at radius 1 is 1.20 bits per heavy atom. The van der Waals surface area contributed by atoms with Gasteiger partial charge in [-0.3, -0.25) is 9.69 Å². The molecule has 0 aromatic heterocycles. The number of carboxylic acid groups (broad SMARTS) is 1. The molecule has 1 rings (SSSR count). The Hall–Kier alpha value is -1.34. The van der Waals surface area contributed by atoms with Gasteiger partial charge < -0.3 is 20.2 Å². The van der Waals surface area contributed by atoms with Crippen LogP contribution >= 0.6 is 0 Å². The van der Waals surface area contributed by atoms with Crippen molar-refractivity contribution in [2.45, 2.75) is 19.4 Å². The maximum absolute atomic E-state index is 12.1. The van der Waals surface area contributed by atoms with Crippen molar-refractivity contribution in [3.8, 4) is 0 Å². The minimum Gasteiger partial charge on any atom is -0.480 e. The van der Waals surface area contributed by atoms with Crippen molar-refractivity contribution in [3.05, 3.63) is 0 Å². The number of carboxylic acids is 1. The summed E-state index contributed by atoms with van der Waals surface area (Å²) in [6.07, 6.45) is 0. The Morgan fingerprint density at radius 3 is 2.20 bits per heavy atom. The number of nitrogens with one attached hydrogen (secondary N) is 1. The molecule has 7 nitrogen and oxygen atoms in total. The number of likely N-dealkylation sites (N-methyl/N-ethyl adjacent to an activating group) is 1. The van der Waals surface area contributed by atoms with Crippen molar-refractivity contribution in [3.63, 3.8) is 0 Å². The van der Waals surface area contributed by atoms with E-state index in [1.54, 1.807) is 4.90 Å². The average molecular weight is 286 g/mol. The van der Waals surface area contributed by atoms with Crippen molar-refractivity contribution in [1.82, 2.24) is 20.0 Å². The first-order valence-corrected chi connectivity index (χ1v) is 6.87. The summed E-state index contributed by atoms with van der Waals surface area (Å²) >= 11 is 0. The lowest BCUT2D eigenvalue weighted by atomic mass is 10.0. The fraction of sp³-hybridized carbons (Fsp3) is 0.846. The van der Waals surface area contributed by atoms with Gasteiger partial charge in [0.25, 0.3) is 0 Å². The Bertz CT molecular complexity index is 350. The zero-order chi connectivity index (χ0) is 15.3. The summed E-state index contributed by atoms with van der Waals surface area (Å²) in [5.74, 6) is -0.823. The second-order valence-corrected chi connectivity index (χ2v) is 6.02. The van der Waals surface area contributed by atoms with E-state index in [0.717, 1.165) is 0 Å². The number of hydrogen-bond acceptors (Lipinski definition) is 4. The highest BCUT2D eigenvalue weighted by Gasteiger charge is 2.25. The quantitative estimate of drug-likeness (QED) is 0.728. The molecule has 0 bridgehead atoms. The van der Waals surface area contributed by atoms with Gasteiger partial charge in [0.2, 0.25) is 0 Å². The SMILES string of the molecule is CN(C)C(C)(C)CNC(=O)N1CCN(CC(=O)O)CC1. The predicted octanol–water partition coefficient (Wildman–Crippen LogP) is -0.262. The van der Waals surface area contributed by atoms with E-state index in [0.29, 0.717) is 32.7 Å². The lowest BCUT2D eigenvalue weighted by Crippen LogP contribution is -2.55. The maximum Gasteiger partial charge on any atom is 0.317 e. The van der Waals surface area contributed by atoms with Gasteiger partial charge >= 0.3 is 12.0 Å². The molecule has 1 saturated heterocycles. The first-order valence-electron chi connectivity index (χ1n) is 6.87. The lowest BCUT2D eigenvalue weighted by Gasteiger charge is -2.36. The average Bonchev–Trinajstić information content (AvgIpc) is 2.36. The summed E-state index contributed by atoms with van der Waals surface area (Å²) in [6.45, 7) is 7.12. The summed E-state index contributed by atoms with van der Waals surface area (Å²) in [4.78, 5) is 28.3. The van der Waals surface area contributed by atoms with Crippen LogP contribution < -0.4 is 5.32 Å². The fourth-order valence-corrected chi connectivity index (χ4v) is 1.86. The Balaban J connectivity index is 2.34. The Morgan fingerprint density at radius 2 is 1.75 bits per heavy atom. The summed E-state index contributed by atoms with van der Waals surface area (Å²) in [5.41, 5.74) is -0.0964. The minimum absolute atomic E-state index is 0.0448. The van der Waals surface area contributed by atoms with E-state index in [9.17, 15) is 9.59 Å². The number of aliphatic carboxylic acids is 1. The van der Waals surface area contributed by atoms with E-state index >= 15 is 0 Å². The Labute approximate surface area is 120 Å². The molecule has 0 aromatic rings. The van der Waals surface area contributed by atoms with E-state index in [1.165, 1.54) is 0 Å². The van der Waals surface area contributed by atoms with E-state index in [2.05, 4.69) is 24.1 Å². The molecule has 0 saturated carbocycles. The highest BCUT2D eigenvalue weighted by Crippen LogP contribution is 2.08. The molecule has 0 aromatic carbocycles. The van der Waals surface area contributed by atoms with Crippen molar-refractivity contribution in [2.24, 2.45) is 0 Å². The van der Waals surface area contributed by atoms with Crippen LogP contribution in [0.5, 0.6) is 0 Å². The van der Waals surface area contributed by atoms with Crippen LogP contribution in [-0.2, 0) is 4.79 Å². The summed E-state index contributed by atoms with van der Waals surface area (Å²) in [7, 11) is 3.97. The number of hydrogen-bond donors (Lipinski definition) is 2. The zero-order valence-corrected chi connectivity index (χ0v) is 12.8. The van der Waals surface area contributed by atoms with Gasteiger partial charge in [-0.05, 0) is 27.9 Å². The van der Waals surface area contributed by atoms with Crippen molar-refractivity contribution in [2.75, 3.05) is 53.4 Å². The first kappa shape index (κ1) is 16.7. The van der Waals surface area contributed by atoms with Gasteiger partial charge in [0.05, 0.1) is 6.54 Å². The molecule has 1 heterocycles. The Kier molecular flexibility index (Phi) is 5.76. The molecule has 116 valence electrons. The molecule has 0 radical (unpaired) electrons. The van der Waals surface area contributed by atoms with Crippen LogP contribution in [0.1, 0.15) is 13.8 Å². The third kappa shape index (κ3) is 4.97. The second kappa shape index (κ2) is 6.90. The topological polar surface area (TPSA) is 76.1 Å². The fourth-order valence-electron chi connectivity index (χ4n) is 1.86. The molecule has 1 aliphatic rings. The smallest absolute Gasteiger partial charge is 0.317 e. The summed E-state index contributed by atoms with van der Waals surface area (Å²) in [5, 5.41) is 11.7. The van der Waals surface area contributed by atoms with Gasteiger partial charge in [-0.1, -0.05) is 0 Å². The van der Waals surface area contributed by atoms with Crippen LogP contribution in [0.15, 0.2) is 0 Å². The molecule has 1 aliphatic heterocycles. The number of urea groups is 1. The van der Waals surface area contributed by atoms with Gasteiger partial charge in [-0.2, -0.15) is 0 Å². The normalized spacial score (nSPS) is 17.4. The second-order valence-electron chi connectivity index (χ2n) is 6.02. The molecule has 2 N–H and O–H groups in total. The van der Waals surface area contributed by atoms with Gasteiger partial charge in [0, 0.05) is 38.3 Å². The maximum atomic E-state index is 12.1. The molecular formula is C13H26N4O3. The van der Waals surface area contributed by atoms with Crippen molar-refractivity contribution >= 4 is 12.0 Å². The third-order valence-electron chi connectivity index (χ3n) is 3.90. The number of piperazine rings is 1. The van der Waals surface area contributed by atoms with Crippen LogP contribution in [0.4, 0.5) is 4.79 Å². The van der Waals surface area contributed by atoms with Gasteiger partial charge in [0.1, 0.15) is 0 Å². The standard InChI is InChI=1S/C13H26N4O3/c1-13(2,15(3)4)10-14-12(20)17-7-5-16(6-8-17)9-11(18)19/h5-10H2,1-4H3,(H,14,20)(H,18,19). The van der Waals surface area contributed by atoms with Crippen molar-refractivity contribution in [1.29, 1.82) is 0 Å². The highest BCUT2D eigenvalue weighted by molar-refractivity contribution is 5.74. The van der Waals surface area contributed by atoms with Crippen LogP contribution in [0.25, 0.3) is 0 Å². The molecule has 1 fully saturated rings. The minimum atomic E-state index is -0.823. The number of carbonyl (C=O) groups excluding carboxylic acids is 1. The number of carbonyl (C=O) groups is 2. The molecule has 2 amide bonds. The first-order chi connectivity index (χ1) is 9.22. The van der Waals surface area contributed by atoms with Crippen LogP contribution in [-0.4, -0.2) is 90.7 Å². The van der Waals surface area contributed by atoms with Crippen LogP contribution in [0.3, 0.4) is 0 Å². The molecule has 20 heavy (non-hydrogen) atoms. The predicted molar refractivity (Wildman–Crippen MR) is 76.8 cm³/mol. The van der Waals surface area contributed by atoms with E-state index in [4.69, 9.17) is 5.11 Å². The molecule has 0 unspecified atom stereocenters. The van der Waals surface area contributed by atoms with Crippen molar-refractivity contribution < 1.29 is 14.7 Å². The molecule has 0 aliphatic carbocycles. The highest BCUT2D eigenvalue weighted by atomic mass is 16.4. The van der Waals surface area contributed by atoms with Gasteiger partial charge in [-0.15, -0.1) is 0 Å². The molecular weight excluding hydrogens is 260 g/mol. The summed E-state index contributed by atoms with van der Waals surface area (Å²) in [6, 6.07) is -0.0742. The summed E-state index contributed by atoms with van der Waals surface area (Å²) < 4.78 is 0. The molecule has 0 spiro atoms. The molecule has 7 heteroatoms. The monoisotopic (exact) mass is 286 g/mol. The van der Waals surface area contributed by atoms with E-state index < -0.39 is 5.97 Å². The van der Waals surface area contributed by atoms with Crippen LogP contribution in [0, 0.1) is 0 Å². The zero-order valence-electron chi connectivity index (χ0n) is 12.8. The van der Waals surface area contributed by atoms with E-state index in [-0.39, 0.29) is 18.1 Å². The number of nitrogens with zero attached hydrogens (tertiary/aromatic N) is 3. The number of rotatable bonds is 5. The van der Waals surface area contributed by atoms with Crippen LogP contribution in [0.2, 0.25) is 0 Å². The third-order valence-corrected chi connectivity index (χ3v) is 3.90. The lowest BCUT2D eigenvalue weighted by molar-refractivity contribution is -0.138. The van der Waals surface area contributed by atoms with Gasteiger partial charge in [0.15, 0.2) is 0 Å². The van der Waals surface area contributed by atoms with Gasteiger partial charge in [-0.25, -0.2) is 4.79 Å². The van der Waals surface area contributed by atoms with E-state index in [1.807, 2.05) is 19.0 Å². The number of amides is 2. The largest absolute Gasteiger partial charge is 0.480 e.